The molecule has 4 rings (SSSR count). The minimum Gasteiger partial charge on any atom is -0.497 e. The van der Waals surface area contributed by atoms with Gasteiger partial charge in [0.2, 0.25) is 0 Å². The number of aromatic nitrogens is 1. The normalized spacial score (nSPS) is 10.7. The van der Waals surface area contributed by atoms with E-state index in [9.17, 15) is 0 Å². The fourth-order valence-corrected chi connectivity index (χ4v) is 3.43. The summed E-state index contributed by atoms with van der Waals surface area (Å²) in [7, 11) is 5.79. The van der Waals surface area contributed by atoms with Gasteiger partial charge in [0.05, 0.1) is 18.5 Å². The van der Waals surface area contributed by atoms with Gasteiger partial charge in [0.25, 0.3) is 0 Å². The lowest BCUT2D eigenvalue weighted by atomic mass is 9.99. The Morgan fingerprint density at radius 2 is 1.13 bits per heavy atom. The van der Waals surface area contributed by atoms with Gasteiger partial charge in [0.15, 0.2) is 0 Å². The third-order valence-electron chi connectivity index (χ3n) is 5.28. The lowest BCUT2D eigenvalue weighted by Crippen LogP contribution is -2.07. The molecule has 0 unspecified atom stereocenters. The zero-order chi connectivity index (χ0) is 21.1. The van der Waals surface area contributed by atoms with Crippen molar-refractivity contribution in [3.05, 3.63) is 90.5 Å². The second-order valence-electron chi connectivity index (χ2n) is 7.66. The van der Waals surface area contributed by atoms with Crippen LogP contribution in [0.5, 0.6) is 5.75 Å². The summed E-state index contributed by atoms with van der Waals surface area (Å²) in [6.45, 7) is 2.10. The molecule has 0 atom stereocenters. The van der Waals surface area contributed by atoms with E-state index in [4.69, 9.17) is 9.72 Å². The van der Waals surface area contributed by atoms with Gasteiger partial charge in [-0.1, -0.05) is 42.0 Å². The van der Waals surface area contributed by atoms with E-state index in [2.05, 4.69) is 98.7 Å². The van der Waals surface area contributed by atoms with Crippen molar-refractivity contribution < 1.29 is 4.74 Å². The Balaban J connectivity index is 1.83. The van der Waals surface area contributed by atoms with Crippen LogP contribution in [0.1, 0.15) is 5.56 Å². The topological polar surface area (TPSA) is 25.4 Å². The van der Waals surface area contributed by atoms with Gasteiger partial charge in [0, 0.05) is 30.9 Å². The summed E-state index contributed by atoms with van der Waals surface area (Å²) in [6, 6.07) is 29.5. The molecule has 0 N–H and O–H groups in total. The van der Waals surface area contributed by atoms with E-state index >= 15 is 0 Å². The summed E-state index contributed by atoms with van der Waals surface area (Å²) < 4.78 is 5.31. The van der Waals surface area contributed by atoms with Gasteiger partial charge in [-0.25, -0.2) is 4.98 Å². The van der Waals surface area contributed by atoms with Crippen LogP contribution in [0, 0.1) is 6.92 Å². The van der Waals surface area contributed by atoms with Gasteiger partial charge < -0.3 is 9.64 Å². The highest BCUT2D eigenvalue weighted by Gasteiger charge is 2.10. The van der Waals surface area contributed by atoms with Crippen molar-refractivity contribution in [2.45, 2.75) is 6.92 Å². The van der Waals surface area contributed by atoms with Crippen molar-refractivity contribution in [3.63, 3.8) is 0 Å². The van der Waals surface area contributed by atoms with Crippen molar-refractivity contribution in [3.8, 4) is 39.4 Å². The lowest BCUT2D eigenvalue weighted by molar-refractivity contribution is 0.415. The molecule has 0 amide bonds. The zero-order valence-electron chi connectivity index (χ0n) is 17.9. The van der Waals surface area contributed by atoms with Crippen LogP contribution in [0.4, 0.5) is 5.69 Å². The zero-order valence-corrected chi connectivity index (χ0v) is 17.9. The number of hydrogen-bond donors (Lipinski definition) is 0. The molecule has 30 heavy (non-hydrogen) atoms. The van der Waals surface area contributed by atoms with Gasteiger partial charge in [-0.05, 0) is 66.6 Å². The number of nitrogens with zero attached hydrogens (tertiary/aromatic N) is 2. The first kappa shape index (κ1) is 19.7. The highest BCUT2D eigenvalue weighted by Crippen LogP contribution is 2.31. The van der Waals surface area contributed by atoms with E-state index < -0.39 is 0 Å². The van der Waals surface area contributed by atoms with Crippen molar-refractivity contribution in [1.29, 1.82) is 0 Å². The quantitative estimate of drug-likeness (QED) is 0.388. The van der Waals surface area contributed by atoms with E-state index in [0.29, 0.717) is 0 Å². The molecule has 3 heteroatoms. The summed E-state index contributed by atoms with van der Waals surface area (Å²) in [5.74, 6) is 0.841. The first-order valence-corrected chi connectivity index (χ1v) is 10.0. The fourth-order valence-electron chi connectivity index (χ4n) is 3.43. The number of pyridine rings is 1. The molecule has 4 aromatic rings. The SMILES string of the molecule is COc1ccc(-c2cc(-c3ccc(N(C)C)cc3)cc(-c3ccc(C)cc3)n2)cc1. The van der Waals surface area contributed by atoms with Crippen LogP contribution < -0.4 is 9.64 Å². The van der Waals surface area contributed by atoms with Crippen LogP contribution in [0.3, 0.4) is 0 Å². The number of rotatable bonds is 5. The molecular formula is C27H26N2O. The molecule has 0 fully saturated rings. The Hall–Kier alpha value is -3.59. The van der Waals surface area contributed by atoms with E-state index in [-0.39, 0.29) is 0 Å². The minimum atomic E-state index is 0.841. The van der Waals surface area contributed by atoms with E-state index in [0.717, 1.165) is 33.8 Å². The average molecular weight is 395 g/mol. The third kappa shape index (κ3) is 4.20. The molecule has 0 saturated carbocycles. The molecule has 0 saturated heterocycles. The average Bonchev–Trinajstić information content (AvgIpc) is 2.79. The molecule has 0 aliphatic carbocycles. The predicted molar refractivity (Wildman–Crippen MR) is 126 cm³/mol. The highest BCUT2D eigenvalue weighted by molar-refractivity contribution is 5.77. The Bertz CT molecular complexity index is 1130. The lowest BCUT2D eigenvalue weighted by Gasteiger charge is -2.14. The van der Waals surface area contributed by atoms with Crippen LogP contribution in [-0.2, 0) is 0 Å². The summed E-state index contributed by atoms with van der Waals surface area (Å²) in [6.07, 6.45) is 0. The van der Waals surface area contributed by atoms with Gasteiger partial charge in [-0.2, -0.15) is 0 Å². The molecule has 0 spiro atoms. The number of methoxy groups -OCH3 is 1. The maximum atomic E-state index is 5.31. The maximum absolute atomic E-state index is 5.31. The highest BCUT2D eigenvalue weighted by atomic mass is 16.5. The smallest absolute Gasteiger partial charge is 0.118 e. The number of hydrogen-bond acceptors (Lipinski definition) is 3. The molecule has 1 heterocycles. The molecule has 3 aromatic carbocycles. The Morgan fingerprint density at radius 1 is 0.633 bits per heavy atom. The first-order chi connectivity index (χ1) is 14.5. The molecule has 0 radical (unpaired) electrons. The van der Waals surface area contributed by atoms with E-state index in [1.54, 1.807) is 7.11 Å². The second-order valence-corrected chi connectivity index (χ2v) is 7.66. The van der Waals surface area contributed by atoms with Crippen molar-refractivity contribution >= 4 is 5.69 Å². The largest absolute Gasteiger partial charge is 0.497 e. The summed E-state index contributed by atoms with van der Waals surface area (Å²) in [5, 5.41) is 0. The van der Waals surface area contributed by atoms with Crippen LogP contribution >= 0.6 is 0 Å². The minimum absolute atomic E-state index is 0.841. The van der Waals surface area contributed by atoms with Gasteiger partial charge >= 0.3 is 0 Å². The molecule has 3 nitrogen and oxygen atoms in total. The summed E-state index contributed by atoms with van der Waals surface area (Å²) in [4.78, 5) is 7.09. The summed E-state index contributed by atoms with van der Waals surface area (Å²) in [5.41, 5.74) is 8.84. The van der Waals surface area contributed by atoms with E-state index in [1.165, 1.54) is 16.8 Å². The molecule has 0 aliphatic heterocycles. The van der Waals surface area contributed by atoms with Crippen LogP contribution in [0.2, 0.25) is 0 Å². The maximum Gasteiger partial charge on any atom is 0.118 e. The van der Waals surface area contributed by atoms with Gasteiger partial charge in [-0.15, -0.1) is 0 Å². The van der Waals surface area contributed by atoms with E-state index in [1.807, 2.05) is 12.1 Å². The van der Waals surface area contributed by atoms with Gasteiger partial charge in [-0.3, -0.25) is 0 Å². The molecule has 1 aromatic heterocycles. The van der Waals surface area contributed by atoms with Crippen molar-refractivity contribution in [2.24, 2.45) is 0 Å². The number of anilines is 1. The first-order valence-electron chi connectivity index (χ1n) is 10.0. The summed E-state index contributed by atoms with van der Waals surface area (Å²) >= 11 is 0. The van der Waals surface area contributed by atoms with Crippen molar-refractivity contribution in [1.82, 2.24) is 4.98 Å². The number of benzene rings is 3. The standard InChI is InChI=1S/C27H26N2O/c1-19-5-7-21(8-6-19)26-17-23(20-9-13-24(14-10-20)29(2)3)18-27(28-26)22-11-15-25(30-4)16-12-22/h5-18H,1-4H3. The molecule has 0 aliphatic rings. The number of aryl methyl sites for hydroxylation is 1. The van der Waals surface area contributed by atoms with Crippen molar-refractivity contribution in [2.75, 3.05) is 26.1 Å². The Morgan fingerprint density at radius 3 is 1.63 bits per heavy atom. The molecular weight excluding hydrogens is 368 g/mol. The third-order valence-corrected chi connectivity index (χ3v) is 5.28. The fraction of sp³-hybridized carbons (Fsp3) is 0.148. The van der Waals surface area contributed by atoms with Crippen LogP contribution in [0.15, 0.2) is 84.9 Å². The Kier molecular flexibility index (Phi) is 5.53. The van der Waals surface area contributed by atoms with Crippen LogP contribution in [0.25, 0.3) is 33.6 Å². The molecule has 150 valence electrons. The number of ether oxygens (including phenoxy) is 1. The monoisotopic (exact) mass is 394 g/mol. The van der Waals surface area contributed by atoms with Gasteiger partial charge in [0.1, 0.15) is 5.75 Å². The predicted octanol–water partition coefficient (Wildman–Crippen LogP) is 6.47. The second kappa shape index (κ2) is 8.42. The molecule has 0 bridgehead atoms. The Labute approximate surface area is 178 Å². The van der Waals surface area contributed by atoms with Crippen LogP contribution in [-0.4, -0.2) is 26.2 Å².